The highest BCUT2D eigenvalue weighted by Crippen LogP contribution is 2.32. The number of aryl methyl sites for hydroxylation is 1. The fraction of sp³-hybridized carbons (Fsp3) is 0.282. The van der Waals surface area contributed by atoms with Gasteiger partial charge < -0.3 is 10.6 Å². The second-order valence-electron chi connectivity index (χ2n) is 10.9. The van der Waals surface area contributed by atoms with Crippen LogP contribution in [0.1, 0.15) is 85.3 Å². The maximum absolute atomic E-state index is 8.84. The summed E-state index contributed by atoms with van der Waals surface area (Å²) in [6.07, 6.45) is 7.40. The molecule has 4 nitrogen and oxygen atoms in total. The van der Waals surface area contributed by atoms with E-state index in [0.29, 0.717) is 23.0 Å². The van der Waals surface area contributed by atoms with Crippen LogP contribution >= 0.6 is 0 Å². The number of allylic oxidation sites excluding steroid dienone is 1. The molecule has 4 aromatic rings. The standard InChI is InChI=1S/C26H31N.C13H13N3/c1-4-23(25-8-6-5-7-9-25)18-21(3)24-14-12-22(13-15-24)19-27-26-16-10-20(2)11-17-26;1-2-3-4-7-16-13-6-5-11(9-14)12(8-13)10-15/h5-17,21,23,27H,4,18-19H2,1-3H3;2-3,5-6,8,16H,4,7H2,1H3/b;3-2+. The van der Waals surface area contributed by atoms with Gasteiger partial charge in [0.15, 0.2) is 0 Å². The van der Waals surface area contributed by atoms with Crippen LogP contribution in [0.5, 0.6) is 0 Å². The van der Waals surface area contributed by atoms with E-state index in [9.17, 15) is 0 Å². The number of nitrogens with one attached hydrogen (secondary N) is 2. The van der Waals surface area contributed by atoms with Gasteiger partial charge in [-0.05, 0) is 92.0 Å². The van der Waals surface area contributed by atoms with Crippen molar-refractivity contribution in [1.82, 2.24) is 0 Å². The van der Waals surface area contributed by atoms with E-state index in [1.54, 1.807) is 12.1 Å². The molecule has 2 atom stereocenters. The van der Waals surface area contributed by atoms with Gasteiger partial charge in [0.1, 0.15) is 12.1 Å². The Bertz CT molecular complexity index is 1490. The van der Waals surface area contributed by atoms with Gasteiger partial charge in [-0.1, -0.05) is 98.3 Å². The third-order valence-corrected chi connectivity index (χ3v) is 7.64. The highest BCUT2D eigenvalue weighted by atomic mass is 14.9. The normalized spacial score (nSPS) is 11.9. The summed E-state index contributed by atoms with van der Waals surface area (Å²) in [5.74, 6) is 1.19. The number of hydrogen-bond acceptors (Lipinski definition) is 4. The molecule has 0 fully saturated rings. The van der Waals surface area contributed by atoms with E-state index in [2.05, 4.69) is 116 Å². The van der Waals surface area contributed by atoms with Gasteiger partial charge in [-0.15, -0.1) is 0 Å². The van der Waals surface area contributed by atoms with Gasteiger partial charge in [-0.2, -0.15) is 10.5 Å². The Balaban J connectivity index is 0.000000271. The zero-order valence-corrected chi connectivity index (χ0v) is 26.0. The van der Waals surface area contributed by atoms with Crippen molar-refractivity contribution in [2.24, 2.45) is 0 Å². The number of rotatable bonds is 12. The lowest BCUT2D eigenvalue weighted by Crippen LogP contribution is -2.04. The Hall–Kier alpha value is -4.80. The van der Waals surface area contributed by atoms with Gasteiger partial charge in [0.25, 0.3) is 0 Å². The van der Waals surface area contributed by atoms with E-state index in [-0.39, 0.29) is 0 Å². The summed E-state index contributed by atoms with van der Waals surface area (Å²) in [6, 6.07) is 37.8. The molecule has 0 aliphatic heterocycles. The van der Waals surface area contributed by atoms with Crippen LogP contribution in [-0.4, -0.2) is 6.54 Å². The summed E-state index contributed by atoms with van der Waals surface area (Å²) in [7, 11) is 0. The molecule has 0 aliphatic carbocycles. The van der Waals surface area contributed by atoms with Crippen molar-refractivity contribution in [3.8, 4) is 12.1 Å². The second kappa shape index (κ2) is 17.9. The quantitative estimate of drug-likeness (QED) is 0.132. The van der Waals surface area contributed by atoms with Crippen LogP contribution in [0.25, 0.3) is 0 Å². The average molecular weight is 569 g/mol. The maximum Gasteiger partial charge on any atom is 0.101 e. The SMILES string of the molecule is C/C=C/CCNc1ccc(C#N)c(C#N)c1.CCC(CC(C)c1ccc(CNc2ccc(C)cc2)cc1)c1ccccc1. The maximum atomic E-state index is 8.84. The predicted molar refractivity (Wildman–Crippen MR) is 181 cm³/mol. The van der Waals surface area contributed by atoms with Gasteiger partial charge in [-0.25, -0.2) is 0 Å². The van der Waals surface area contributed by atoms with Crippen LogP contribution in [-0.2, 0) is 6.54 Å². The third-order valence-electron chi connectivity index (χ3n) is 7.64. The van der Waals surface area contributed by atoms with E-state index in [0.717, 1.165) is 25.2 Å². The summed E-state index contributed by atoms with van der Waals surface area (Å²) in [6.45, 7) is 10.4. The smallest absolute Gasteiger partial charge is 0.101 e. The molecular formula is C39H44N4. The molecule has 0 spiro atoms. The van der Waals surface area contributed by atoms with E-state index in [4.69, 9.17) is 10.5 Å². The first kappa shape index (κ1) is 32.7. The number of nitriles is 2. The lowest BCUT2D eigenvalue weighted by atomic mass is 9.84. The van der Waals surface area contributed by atoms with Crippen LogP contribution in [0.4, 0.5) is 11.4 Å². The van der Waals surface area contributed by atoms with Gasteiger partial charge in [0, 0.05) is 24.5 Å². The van der Waals surface area contributed by atoms with Crippen LogP contribution in [0.15, 0.2) is 109 Å². The monoisotopic (exact) mass is 568 g/mol. The van der Waals surface area contributed by atoms with Gasteiger partial charge >= 0.3 is 0 Å². The van der Waals surface area contributed by atoms with Crippen molar-refractivity contribution in [2.45, 2.75) is 65.3 Å². The molecule has 0 saturated carbocycles. The lowest BCUT2D eigenvalue weighted by molar-refractivity contribution is 0.544. The predicted octanol–water partition coefficient (Wildman–Crippen LogP) is 10.1. The van der Waals surface area contributed by atoms with Crippen molar-refractivity contribution >= 4 is 11.4 Å². The van der Waals surface area contributed by atoms with Crippen molar-refractivity contribution in [3.63, 3.8) is 0 Å². The molecule has 0 aromatic heterocycles. The zero-order valence-electron chi connectivity index (χ0n) is 26.0. The van der Waals surface area contributed by atoms with Crippen LogP contribution < -0.4 is 10.6 Å². The van der Waals surface area contributed by atoms with Crippen molar-refractivity contribution in [2.75, 3.05) is 17.2 Å². The first-order valence-corrected chi connectivity index (χ1v) is 15.2. The number of anilines is 2. The highest BCUT2D eigenvalue weighted by Gasteiger charge is 2.15. The molecule has 0 saturated heterocycles. The Morgan fingerprint density at radius 1 is 0.767 bits per heavy atom. The summed E-state index contributed by atoms with van der Waals surface area (Å²) in [5, 5.41) is 24.3. The lowest BCUT2D eigenvalue weighted by Gasteiger charge is -2.21. The molecule has 0 aliphatic rings. The van der Waals surface area contributed by atoms with Crippen molar-refractivity contribution in [3.05, 3.63) is 143 Å². The second-order valence-corrected chi connectivity index (χ2v) is 10.9. The molecule has 220 valence electrons. The van der Waals surface area contributed by atoms with Gasteiger partial charge in [0.05, 0.1) is 11.1 Å². The Morgan fingerprint density at radius 2 is 1.44 bits per heavy atom. The molecule has 4 aromatic carbocycles. The van der Waals surface area contributed by atoms with Crippen LogP contribution in [0.2, 0.25) is 0 Å². The molecule has 2 N–H and O–H groups in total. The minimum Gasteiger partial charge on any atom is -0.385 e. The number of nitrogens with zero attached hydrogens (tertiary/aromatic N) is 2. The largest absolute Gasteiger partial charge is 0.385 e. The minimum atomic E-state index is 0.415. The van der Waals surface area contributed by atoms with Crippen LogP contribution in [0.3, 0.4) is 0 Å². The molecule has 0 bridgehead atoms. The molecule has 0 amide bonds. The molecule has 0 heterocycles. The molecule has 0 radical (unpaired) electrons. The molecule has 2 unspecified atom stereocenters. The topological polar surface area (TPSA) is 71.6 Å². The summed E-state index contributed by atoms with van der Waals surface area (Å²) in [4.78, 5) is 0. The van der Waals surface area contributed by atoms with Gasteiger partial charge in [0.2, 0.25) is 0 Å². The summed E-state index contributed by atoms with van der Waals surface area (Å²) < 4.78 is 0. The van der Waals surface area contributed by atoms with Gasteiger partial charge in [-0.3, -0.25) is 0 Å². The molecule has 4 rings (SSSR count). The van der Waals surface area contributed by atoms with Crippen molar-refractivity contribution in [1.29, 1.82) is 10.5 Å². The Labute approximate surface area is 258 Å². The van der Waals surface area contributed by atoms with Crippen LogP contribution in [0, 0.1) is 29.6 Å². The first-order valence-electron chi connectivity index (χ1n) is 15.2. The first-order chi connectivity index (χ1) is 21.0. The van der Waals surface area contributed by atoms with E-state index >= 15 is 0 Å². The number of benzene rings is 4. The molecular weight excluding hydrogens is 524 g/mol. The average Bonchev–Trinajstić information content (AvgIpc) is 3.06. The zero-order chi connectivity index (χ0) is 30.9. The van der Waals surface area contributed by atoms with E-state index in [1.807, 2.05) is 31.2 Å². The molecule has 43 heavy (non-hydrogen) atoms. The third kappa shape index (κ3) is 10.8. The molecule has 4 heteroatoms. The van der Waals surface area contributed by atoms with E-state index < -0.39 is 0 Å². The summed E-state index contributed by atoms with van der Waals surface area (Å²) in [5.41, 5.74) is 8.39. The van der Waals surface area contributed by atoms with Crippen molar-refractivity contribution < 1.29 is 0 Å². The van der Waals surface area contributed by atoms with E-state index in [1.165, 1.54) is 40.8 Å². The number of hydrogen-bond donors (Lipinski definition) is 2. The Morgan fingerprint density at radius 3 is 2.07 bits per heavy atom. The fourth-order valence-corrected chi connectivity index (χ4v) is 4.98. The fourth-order valence-electron chi connectivity index (χ4n) is 4.98. The minimum absolute atomic E-state index is 0.415. The Kier molecular flexibility index (Phi) is 13.6. The highest BCUT2D eigenvalue weighted by molar-refractivity contribution is 5.56. The summed E-state index contributed by atoms with van der Waals surface area (Å²) >= 11 is 0.